The van der Waals surface area contributed by atoms with E-state index < -0.39 is 0 Å². The zero-order valence-corrected chi connectivity index (χ0v) is 8.27. The summed E-state index contributed by atoms with van der Waals surface area (Å²) in [7, 11) is 3.68. The summed E-state index contributed by atoms with van der Waals surface area (Å²) in [6.07, 6.45) is 3.14. The summed E-state index contributed by atoms with van der Waals surface area (Å²) < 4.78 is 0. The Bertz CT molecular complexity index is 356. The van der Waals surface area contributed by atoms with Gasteiger partial charge in [0.15, 0.2) is 5.78 Å². The van der Waals surface area contributed by atoms with Crippen LogP contribution in [-0.2, 0) is 0 Å². The van der Waals surface area contributed by atoms with E-state index >= 15 is 0 Å². The molecule has 14 heavy (non-hydrogen) atoms. The van der Waals surface area contributed by atoms with E-state index in [1.807, 2.05) is 14.1 Å². The topological polar surface area (TPSA) is 40.5 Å². The van der Waals surface area contributed by atoms with Crippen LogP contribution in [0.3, 0.4) is 0 Å². The van der Waals surface area contributed by atoms with Crippen molar-refractivity contribution in [1.82, 2.24) is 4.90 Å². The molecule has 3 nitrogen and oxygen atoms in total. The summed E-state index contributed by atoms with van der Waals surface area (Å²) in [5.41, 5.74) is 0.489. The molecule has 0 aliphatic carbocycles. The molecule has 3 heteroatoms. The molecule has 0 heterocycles. The molecule has 1 N–H and O–H groups in total. The van der Waals surface area contributed by atoms with Gasteiger partial charge in [0.05, 0.1) is 0 Å². The fourth-order valence-corrected chi connectivity index (χ4v) is 0.972. The minimum absolute atomic E-state index is 0.106. The SMILES string of the molecule is CN(C)C=CC(=O)c1cccc(O)c1. The molecular weight excluding hydrogens is 178 g/mol. The zero-order valence-electron chi connectivity index (χ0n) is 8.27. The second-order valence-corrected chi connectivity index (χ2v) is 3.19. The molecule has 0 saturated heterocycles. The molecule has 0 saturated carbocycles. The third-order valence-corrected chi connectivity index (χ3v) is 1.65. The van der Waals surface area contributed by atoms with E-state index in [1.54, 1.807) is 23.2 Å². The number of ketones is 1. The number of nitrogens with zero attached hydrogens (tertiary/aromatic N) is 1. The second kappa shape index (κ2) is 4.46. The van der Waals surface area contributed by atoms with Gasteiger partial charge in [0.2, 0.25) is 0 Å². The Labute approximate surface area is 83.3 Å². The van der Waals surface area contributed by atoms with Crippen molar-refractivity contribution in [3.63, 3.8) is 0 Å². The molecule has 0 unspecified atom stereocenters. The average Bonchev–Trinajstić information content (AvgIpc) is 2.14. The van der Waals surface area contributed by atoms with Gasteiger partial charge in [-0.05, 0) is 12.1 Å². The summed E-state index contributed by atoms with van der Waals surface area (Å²) in [5.74, 6) is -0.0105. The molecule has 0 aliphatic rings. The standard InChI is InChI=1S/C11H13NO2/c1-12(2)7-6-11(14)9-4-3-5-10(13)8-9/h3-8,13H,1-2H3. The summed E-state index contributed by atoms with van der Waals surface area (Å²) in [6.45, 7) is 0. The van der Waals surface area contributed by atoms with Crippen LogP contribution in [0.25, 0.3) is 0 Å². The van der Waals surface area contributed by atoms with Gasteiger partial charge in [0.1, 0.15) is 5.75 Å². The van der Waals surface area contributed by atoms with Crippen molar-refractivity contribution >= 4 is 5.78 Å². The van der Waals surface area contributed by atoms with Crippen molar-refractivity contribution in [2.45, 2.75) is 0 Å². The van der Waals surface area contributed by atoms with Crippen LogP contribution in [-0.4, -0.2) is 29.9 Å². The van der Waals surface area contributed by atoms with E-state index in [1.165, 1.54) is 18.2 Å². The van der Waals surface area contributed by atoms with Gasteiger partial charge in [-0.2, -0.15) is 0 Å². The van der Waals surface area contributed by atoms with Gasteiger partial charge in [0, 0.05) is 31.9 Å². The van der Waals surface area contributed by atoms with E-state index in [0.717, 1.165) is 0 Å². The number of carbonyl (C=O) groups excluding carboxylic acids is 1. The first-order chi connectivity index (χ1) is 6.59. The quantitative estimate of drug-likeness (QED) is 0.583. The van der Waals surface area contributed by atoms with Gasteiger partial charge in [-0.25, -0.2) is 0 Å². The first-order valence-electron chi connectivity index (χ1n) is 4.27. The molecule has 0 amide bonds. The molecule has 0 bridgehead atoms. The Morgan fingerprint density at radius 1 is 1.43 bits per heavy atom. The first kappa shape index (κ1) is 10.3. The van der Waals surface area contributed by atoms with Crippen LogP contribution < -0.4 is 0 Å². The van der Waals surface area contributed by atoms with Crippen LogP contribution >= 0.6 is 0 Å². The monoisotopic (exact) mass is 191 g/mol. The van der Waals surface area contributed by atoms with E-state index in [2.05, 4.69) is 0 Å². The molecule has 1 aromatic rings. The molecular formula is C11H13NO2. The van der Waals surface area contributed by atoms with E-state index in [0.29, 0.717) is 5.56 Å². The molecule has 1 aromatic carbocycles. The molecule has 74 valence electrons. The number of hydrogen-bond donors (Lipinski definition) is 1. The number of allylic oxidation sites excluding steroid dienone is 1. The Morgan fingerprint density at radius 2 is 2.14 bits per heavy atom. The predicted molar refractivity (Wildman–Crippen MR) is 55.3 cm³/mol. The molecule has 0 atom stereocenters. The van der Waals surface area contributed by atoms with Crippen molar-refractivity contribution in [3.8, 4) is 5.75 Å². The zero-order chi connectivity index (χ0) is 10.6. The molecule has 0 radical (unpaired) electrons. The van der Waals surface area contributed by atoms with Crippen LogP contribution in [0.5, 0.6) is 5.75 Å². The molecule has 0 aliphatic heterocycles. The maximum Gasteiger partial charge on any atom is 0.187 e. The summed E-state index contributed by atoms with van der Waals surface area (Å²) in [6, 6.07) is 6.29. The lowest BCUT2D eigenvalue weighted by atomic mass is 10.1. The number of phenols is 1. The third kappa shape index (κ3) is 2.94. The lowest BCUT2D eigenvalue weighted by molar-refractivity contribution is 0.104. The molecule has 0 aromatic heterocycles. The summed E-state index contributed by atoms with van der Waals surface area (Å²) in [4.78, 5) is 13.3. The molecule has 0 spiro atoms. The van der Waals surface area contributed by atoms with E-state index in [9.17, 15) is 4.79 Å². The minimum atomic E-state index is -0.116. The van der Waals surface area contributed by atoms with Gasteiger partial charge in [-0.15, -0.1) is 0 Å². The van der Waals surface area contributed by atoms with Crippen molar-refractivity contribution in [2.24, 2.45) is 0 Å². The second-order valence-electron chi connectivity index (χ2n) is 3.19. The molecule has 0 fully saturated rings. The highest BCUT2D eigenvalue weighted by atomic mass is 16.3. The highest BCUT2D eigenvalue weighted by Gasteiger charge is 2.01. The summed E-state index contributed by atoms with van der Waals surface area (Å²) >= 11 is 0. The Kier molecular flexibility index (Phi) is 3.29. The smallest absolute Gasteiger partial charge is 0.187 e. The normalized spacial score (nSPS) is 10.4. The number of hydrogen-bond acceptors (Lipinski definition) is 3. The Balaban J connectivity index is 2.80. The highest BCUT2D eigenvalue weighted by Crippen LogP contribution is 2.11. The lowest BCUT2D eigenvalue weighted by Gasteiger charge is -2.02. The van der Waals surface area contributed by atoms with Crippen LogP contribution in [0.4, 0.5) is 0 Å². The first-order valence-corrected chi connectivity index (χ1v) is 4.27. The fraction of sp³-hybridized carbons (Fsp3) is 0.182. The third-order valence-electron chi connectivity index (χ3n) is 1.65. The molecule has 1 rings (SSSR count). The maximum atomic E-state index is 11.5. The number of rotatable bonds is 3. The van der Waals surface area contributed by atoms with E-state index in [4.69, 9.17) is 5.11 Å². The van der Waals surface area contributed by atoms with Crippen molar-refractivity contribution in [3.05, 3.63) is 42.1 Å². The Morgan fingerprint density at radius 3 is 2.71 bits per heavy atom. The van der Waals surface area contributed by atoms with Crippen LogP contribution in [0, 0.1) is 0 Å². The number of aromatic hydroxyl groups is 1. The number of carbonyl (C=O) groups is 1. The number of benzene rings is 1. The van der Waals surface area contributed by atoms with Gasteiger partial charge in [-0.3, -0.25) is 4.79 Å². The summed E-state index contributed by atoms with van der Waals surface area (Å²) in [5, 5.41) is 9.15. The van der Waals surface area contributed by atoms with Gasteiger partial charge in [0.25, 0.3) is 0 Å². The highest BCUT2D eigenvalue weighted by molar-refractivity contribution is 6.04. The van der Waals surface area contributed by atoms with E-state index in [-0.39, 0.29) is 11.5 Å². The maximum absolute atomic E-state index is 11.5. The number of phenolic OH excluding ortho intramolecular Hbond substituents is 1. The van der Waals surface area contributed by atoms with Crippen LogP contribution in [0.15, 0.2) is 36.5 Å². The van der Waals surface area contributed by atoms with Gasteiger partial charge < -0.3 is 10.0 Å². The fourth-order valence-electron chi connectivity index (χ4n) is 0.972. The minimum Gasteiger partial charge on any atom is -0.508 e. The predicted octanol–water partition coefficient (Wildman–Crippen LogP) is 1.65. The van der Waals surface area contributed by atoms with Gasteiger partial charge in [-0.1, -0.05) is 12.1 Å². The van der Waals surface area contributed by atoms with Gasteiger partial charge >= 0.3 is 0 Å². The van der Waals surface area contributed by atoms with Crippen molar-refractivity contribution in [2.75, 3.05) is 14.1 Å². The van der Waals surface area contributed by atoms with Crippen LogP contribution in [0.2, 0.25) is 0 Å². The lowest BCUT2D eigenvalue weighted by Crippen LogP contribution is -2.02. The Hall–Kier alpha value is -1.77. The van der Waals surface area contributed by atoms with Crippen LogP contribution in [0.1, 0.15) is 10.4 Å². The largest absolute Gasteiger partial charge is 0.508 e. The van der Waals surface area contributed by atoms with Crippen molar-refractivity contribution < 1.29 is 9.90 Å². The average molecular weight is 191 g/mol. The van der Waals surface area contributed by atoms with Crippen molar-refractivity contribution in [1.29, 1.82) is 0 Å².